The molecule has 0 amide bonds. The van der Waals surface area contributed by atoms with Crippen molar-refractivity contribution in [1.82, 2.24) is 0 Å². The lowest BCUT2D eigenvalue weighted by Crippen LogP contribution is -1.97. The van der Waals surface area contributed by atoms with Gasteiger partial charge in [0, 0.05) is 6.07 Å². The van der Waals surface area contributed by atoms with E-state index in [0.29, 0.717) is 0 Å². The Morgan fingerprint density at radius 3 is 2.33 bits per heavy atom. The van der Waals surface area contributed by atoms with Gasteiger partial charge in [0.15, 0.2) is 0 Å². The molecule has 1 aromatic heterocycles. The van der Waals surface area contributed by atoms with Gasteiger partial charge >= 0.3 is 0 Å². The van der Waals surface area contributed by atoms with Gasteiger partial charge in [-0.25, -0.2) is 0 Å². The molecule has 1 heterocycles. The molecular formula is C14H15ClO2S. The molecule has 0 aliphatic heterocycles. The van der Waals surface area contributed by atoms with E-state index in [0.717, 1.165) is 23.5 Å². The molecule has 1 aromatic carbocycles. The SMILES string of the molecule is COc1cc(OC)cc(C(Cl)Cc2ccsc2)c1. The monoisotopic (exact) mass is 282 g/mol. The zero-order valence-electron chi connectivity index (χ0n) is 10.4. The molecule has 0 saturated carbocycles. The summed E-state index contributed by atoms with van der Waals surface area (Å²) in [5, 5.41) is 4.10. The summed E-state index contributed by atoms with van der Waals surface area (Å²) in [7, 11) is 3.28. The predicted octanol–water partition coefficient (Wildman–Crippen LogP) is 4.29. The normalized spacial score (nSPS) is 12.2. The van der Waals surface area contributed by atoms with Crippen molar-refractivity contribution in [2.45, 2.75) is 11.8 Å². The van der Waals surface area contributed by atoms with Gasteiger partial charge in [-0.3, -0.25) is 0 Å². The first kappa shape index (κ1) is 13.2. The third-order valence-corrected chi connectivity index (χ3v) is 3.87. The van der Waals surface area contributed by atoms with Crippen LogP contribution in [0.15, 0.2) is 35.0 Å². The van der Waals surface area contributed by atoms with Gasteiger partial charge in [-0.1, -0.05) is 0 Å². The van der Waals surface area contributed by atoms with Gasteiger partial charge in [0.2, 0.25) is 0 Å². The number of hydrogen-bond acceptors (Lipinski definition) is 3. The largest absolute Gasteiger partial charge is 0.497 e. The van der Waals surface area contributed by atoms with Crippen LogP contribution in [-0.2, 0) is 6.42 Å². The van der Waals surface area contributed by atoms with E-state index in [1.165, 1.54) is 5.56 Å². The Morgan fingerprint density at radius 1 is 1.17 bits per heavy atom. The van der Waals surface area contributed by atoms with Gasteiger partial charge in [-0.05, 0) is 46.5 Å². The maximum absolute atomic E-state index is 6.45. The first-order chi connectivity index (χ1) is 8.72. The number of benzene rings is 1. The second-order valence-electron chi connectivity index (χ2n) is 3.95. The van der Waals surface area contributed by atoms with E-state index in [-0.39, 0.29) is 5.38 Å². The zero-order valence-corrected chi connectivity index (χ0v) is 11.9. The van der Waals surface area contributed by atoms with Gasteiger partial charge < -0.3 is 9.47 Å². The highest BCUT2D eigenvalue weighted by Crippen LogP contribution is 2.32. The molecule has 0 fully saturated rings. The van der Waals surface area contributed by atoms with E-state index in [1.807, 2.05) is 18.2 Å². The quantitative estimate of drug-likeness (QED) is 0.762. The molecule has 96 valence electrons. The lowest BCUT2D eigenvalue weighted by Gasteiger charge is -2.12. The third kappa shape index (κ3) is 3.18. The Kier molecular flexibility index (Phi) is 4.50. The van der Waals surface area contributed by atoms with Crippen LogP contribution in [0.1, 0.15) is 16.5 Å². The Labute approximate surface area is 116 Å². The summed E-state index contributed by atoms with van der Waals surface area (Å²) >= 11 is 8.13. The van der Waals surface area contributed by atoms with E-state index in [9.17, 15) is 0 Å². The number of halogens is 1. The van der Waals surface area contributed by atoms with Gasteiger partial charge in [-0.2, -0.15) is 11.3 Å². The minimum atomic E-state index is -0.0800. The smallest absolute Gasteiger partial charge is 0.122 e. The molecule has 0 bridgehead atoms. The number of alkyl halides is 1. The second kappa shape index (κ2) is 6.12. The molecule has 4 heteroatoms. The molecule has 0 N–H and O–H groups in total. The summed E-state index contributed by atoms with van der Waals surface area (Å²) in [5.74, 6) is 1.53. The van der Waals surface area contributed by atoms with E-state index in [2.05, 4.69) is 16.8 Å². The van der Waals surface area contributed by atoms with E-state index in [1.54, 1.807) is 25.6 Å². The number of rotatable bonds is 5. The molecular weight excluding hydrogens is 268 g/mol. The lowest BCUT2D eigenvalue weighted by atomic mass is 10.1. The molecule has 18 heavy (non-hydrogen) atoms. The predicted molar refractivity (Wildman–Crippen MR) is 76.2 cm³/mol. The highest BCUT2D eigenvalue weighted by molar-refractivity contribution is 7.07. The first-order valence-corrected chi connectivity index (χ1v) is 6.99. The van der Waals surface area contributed by atoms with E-state index < -0.39 is 0 Å². The van der Waals surface area contributed by atoms with Crippen molar-refractivity contribution in [1.29, 1.82) is 0 Å². The maximum Gasteiger partial charge on any atom is 0.122 e. The average molecular weight is 283 g/mol. The average Bonchev–Trinajstić information content (AvgIpc) is 2.90. The van der Waals surface area contributed by atoms with Gasteiger partial charge in [0.1, 0.15) is 11.5 Å². The Balaban J connectivity index is 2.20. The van der Waals surface area contributed by atoms with E-state index in [4.69, 9.17) is 21.1 Å². The number of thiophene rings is 1. The van der Waals surface area contributed by atoms with Crippen LogP contribution in [0.25, 0.3) is 0 Å². The van der Waals surface area contributed by atoms with Crippen molar-refractivity contribution in [3.05, 3.63) is 46.2 Å². The summed E-state index contributed by atoms with van der Waals surface area (Å²) < 4.78 is 10.5. The minimum absolute atomic E-state index is 0.0800. The van der Waals surface area contributed by atoms with Crippen LogP contribution in [-0.4, -0.2) is 14.2 Å². The molecule has 2 rings (SSSR count). The maximum atomic E-state index is 6.45. The van der Waals surface area contributed by atoms with Crippen LogP contribution < -0.4 is 9.47 Å². The minimum Gasteiger partial charge on any atom is -0.497 e. The molecule has 0 aliphatic rings. The summed E-state index contributed by atoms with van der Waals surface area (Å²) in [5.41, 5.74) is 2.26. The van der Waals surface area contributed by atoms with E-state index >= 15 is 0 Å². The van der Waals surface area contributed by atoms with Crippen LogP contribution in [0.4, 0.5) is 0 Å². The summed E-state index contributed by atoms with van der Waals surface area (Å²) in [6.45, 7) is 0. The van der Waals surface area contributed by atoms with Gasteiger partial charge in [0.25, 0.3) is 0 Å². The first-order valence-electron chi connectivity index (χ1n) is 5.61. The summed E-state index contributed by atoms with van der Waals surface area (Å²) in [6, 6.07) is 7.84. The molecule has 1 unspecified atom stereocenters. The van der Waals surface area contributed by atoms with Crippen molar-refractivity contribution in [2.75, 3.05) is 14.2 Å². The van der Waals surface area contributed by atoms with Crippen molar-refractivity contribution in [2.24, 2.45) is 0 Å². The van der Waals surface area contributed by atoms with Crippen LogP contribution in [0, 0.1) is 0 Å². The van der Waals surface area contributed by atoms with Crippen LogP contribution >= 0.6 is 22.9 Å². The molecule has 2 aromatic rings. The molecule has 0 aliphatic carbocycles. The fourth-order valence-electron chi connectivity index (χ4n) is 1.74. The van der Waals surface area contributed by atoms with Crippen LogP contribution in [0.3, 0.4) is 0 Å². The summed E-state index contributed by atoms with van der Waals surface area (Å²) in [6.07, 6.45) is 0.807. The Morgan fingerprint density at radius 2 is 1.83 bits per heavy atom. The third-order valence-electron chi connectivity index (χ3n) is 2.73. The van der Waals surface area contributed by atoms with Gasteiger partial charge in [0.05, 0.1) is 19.6 Å². The molecule has 0 radical (unpaired) electrons. The fraction of sp³-hybridized carbons (Fsp3) is 0.286. The fourth-order valence-corrected chi connectivity index (χ4v) is 2.73. The van der Waals surface area contributed by atoms with Crippen molar-refractivity contribution < 1.29 is 9.47 Å². The van der Waals surface area contributed by atoms with Crippen LogP contribution in [0.5, 0.6) is 11.5 Å². The molecule has 0 spiro atoms. The van der Waals surface area contributed by atoms with Crippen molar-refractivity contribution in [3.8, 4) is 11.5 Å². The number of hydrogen-bond donors (Lipinski definition) is 0. The number of ether oxygens (including phenoxy) is 2. The topological polar surface area (TPSA) is 18.5 Å². The molecule has 1 atom stereocenters. The standard InChI is InChI=1S/C14H15ClO2S/c1-16-12-6-11(7-13(8-12)17-2)14(15)5-10-3-4-18-9-10/h3-4,6-9,14H,5H2,1-2H3. The highest BCUT2D eigenvalue weighted by Gasteiger charge is 2.12. The second-order valence-corrected chi connectivity index (χ2v) is 5.26. The number of methoxy groups -OCH3 is 2. The van der Waals surface area contributed by atoms with Crippen LogP contribution in [0.2, 0.25) is 0 Å². The Hall–Kier alpha value is -1.19. The molecule has 0 saturated heterocycles. The lowest BCUT2D eigenvalue weighted by molar-refractivity contribution is 0.393. The summed E-state index contributed by atoms with van der Waals surface area (Å²) in [4.78, 5) is 0. The highest BCUT2D eigenvalue weighted by atomic mass is 35.5. The van der Waals surface area contributed by atoms with Crippen molar-refractivity contribution in [3.63, 3.8) is 0 Å². The van der Waals surface area contributed by atoms with Gasteiger partial charge in [-0.15, -0.1) is 11.6 Å². The Bertz CT molecular complexity index is 474. The van der Waals surface area contributed by atoms with Crippen molar-refractivity contribution >= 4 is 22.9 Å². The zero-order chi connectivity index (χ0) is 13.0. The molecule has 2 nitrogen and oxygen atoms in total.